The van der Waals surface area contributed by atoms with Gasteiger partial charge in [0.15, 0.2) is 0 Å². The van der Waals surface area contributed by atoms with E-state index in [1.807, 2.05) is 30.3 Å². The van der Waals surface area contributed by atoms with Crippen molar-refractivity contribution in [2.45, 2.75) is 36.6 Å². The number of benzene rings is 1. The molecule has 4 heteroatoms. The first-order valence-corrected chi connectivity index (χ1v) is 8.41. The molecule has 0 bridgehead atoms. The summed E-state index contributed by atoms with van der Waals surface area (Å²) < 4.78 is 12.2. The maximum atomic E-state index is 12.2. The molecule has 0 amide bonds. The standard InChI is InChI=1S/C15H23NO2S/c17-12-9-14-6-4-5-10-16(14)11-13-19(18)15-7-2-1-3-8-15/h1-3,7-8,14,17H,4-6,9-13H2. The lowest BCUT2D eigenvalue weighted by Crippen LogP contribution is -2.42. The van der Waals surface area contributed by atoms with Crippen LogP contribution in [0.2, 0.25) is 0 Å². The van der Waals surface area contributed by atoms with Crippen molar-refractivity contribution in [1.29, 1.82) is 0 Å². The van der Waals surface area contributed by atoms with Crippen molar-refractivity contribution in [3.05, 3.63) is 30.3 Å². The monoisotopic (exact) mass is 281 g/mol. The quantitative estimate of drug-likeness (QED) is 0.867. The first-order valence-electron chi connectivity index (χ1n) is 7.09. The molecule has 1 fully saturated rings. The van der Waals surface area contributed by atoms with Gasteiger partial charge in [0.2, 0.25) is 0 Å². The van der Waals surface area contributed by atoms with Crippen molar-refractivity contribution < 1.29 is 9.32 Å². The van der Waals surface area contributed by atoms with Gasteiger partial charge in [-0.05, 0) is 37.9 Å². The topological polar surface area (TPSA) is 40.5 Å². The Labute approximate surface area is 118 Å². The molecule has 1 aromatic rings. The van der Waals surface area contributed by atoms with Crippen molar-refractivity contribution in [1.82, 2.24) is 4.90 Å². The number of aliphatic hydroxyl groups excluding tert-OH is 1. The van der Waals surface area contributed by atoms with Gasteiger partial charge in [-0.15, -0.1) is 0 Å². The molecule has 106 valence electrons. The van der Waals surface area contributed by atoms with E-state index in [0.29, 0.717) is 11.8 Å². The molecule has 1 N–H and O–H groups in total. The summed E-state index contributed by atoms with van der Waals surface area (Å²) in [6.07, 6.45) is 4.49. The molecule has 1 aliphatic heterocycles. The molecule has 2 unspecified atom stereocenters. The van der Waals surface area contributed by atoms with Gasteiger partial charge >= 0.3 is 0 Å². The molecule has 2 atom stereocenters. The third-order valence-corrected chi connectivity index (χ3v) is 5.13. The van der Waals surface area contributed by atoms with Crippen LogP contribution in [0.15, 0.2) is 35.2 Å². The van der Waals surface area contributed by atoms with Crippen LogP contribution in [0.1, 0.15) is 25.7 Å². The maximum absolute atomic E-state index is 12.2. The molecule has 1 heterocycles. The molecule has 1 aliphatic rings. The second kappa shape index (κ2) is 7.78. The number of hydrogen-bond acceptors (Lipinski definition) is 3. The highest BCUT2D eigenvalue weighted by Crippen LogP contribution is 2.19. The maximum Gasteiger partial charge on any atom is 0.0542 e. The van der Waals surface area contributed by atoms with Crippen LogP contribution in [0.3, 0.4) is 0 Å². The van der Waals surface area contributed by atoms with Gasteiger partial charge in [-0.1, -0.05) is 24.6 Å². The van der Waals surface area contributed by atoms with Gasteiger partial charge in [-0.2, -0.15) is 0 Å². The van der Waals surface area contributed by atoms with Gasteiger partial charge in [-0.3, -0.25) is 9.11 Å². The van der Waals surface area contributed by atoms with E-state index in [4.69, 9.17) is 5.11 Å². The first kappa shape index (κ1) is 14.7. The molecule has 1 saturated heterocycles. The predicted molar refractivity (Wildman–Crippen MR) is 78.6 cm³/mol. The largest absolute Gasteiger partial charge is 0.396 e. The van der Waals surface area contributed by atoms with E-state index in [1.165, 1.54) is 19.3 Å². The second-order valence-electron chi connectivity index (χ2n) is 5.06. The average Bonchev–Trinajstić information content (AvgIpc) is 2.47. The van der Waals surface area contributed by atoms with Crippen molar-refractivity contribution in [2.75, 3.05) is 25.4 Å². The highest BCUT2D eigenvalue weighted by atomic mass is 32.2. The number of rotatable bonds is 6. The van der Waals surface area contributed by atoms with Gasteiger partial charge < -0.3 is 5.11 Å². The van der Waals surface area contributed by atoms with Gasteiger partial charge in [0.25, 0.3) is 0 Å². The van der Waals surface area contributed by atoms with E-state index in [-0.39, 0.29) is 6.61 Å². The number of piperidine rings is 1. The predicted octanol–water partition coefficient (Wildman–Crippen LogP) is 2.03. The van der Waals surface area contributed by atoms with Gasteiger partial charge in [0.1, 0.15) is 0 Å². The third-order valence-electron chi connectivity index (χ3n) is 3.78. The Morgan fingerprint density at radius 2 is 2.05 bits per heavy atom. The number of nitrogens with zero attached hydrogens (tertiary/aromatic N) is 1. The highest BCUT2D eigenvalue weighted by molar-refractivity contribution is 7.85. The lowest BCUT2D eigenvalue weighted by Gasteiger charge is -2.35. The van der Waals surface area contributed by atoms with Crippen LogP contribution in [-0.4, -0.2) is 45.7 Å². The molecule has 1 aromatic carbocycles. The summed E-state index contributed by atoms with van der Waals surface area (Å²) in [5.74, 6) is 0.686. The van der Waals surface area contributed by atoms with Crippen LogP contribution in [0, 0.1) is 0 Å². The number of hydrogen-bond donors (Lipinski definition) is 1. The van der Waals surface area contributed by atoms with Crippen LogP contribution in [0.5, 0.6) is 0 Å². The Hall–Kier alpha value is -0.710. The minimum absolute atomic E-state index is 0.253. The van der Waals surface area contributed by atoms with E-state index in [2.05, 4.69) is 4.90 Å². The van der Waals surface area contributed by atoms with Crippen LogP contribution in [0.25, 0.3) is 0 Å². The second-order valence-corrected chi connectivity index (χ2v) is 6.63. The zero-order valence-electron chi connectivity index (χ0n) is 11.3. The van der Waals surface area contributed by atoms with Gasteiger partial charge in [-0.25, -0.2) is 0 Å². The fourth-order valence-electron chi connectivity index (χ4n) is 2.72. The molecule has 2 rings (SSSR count). The summed E-state index contributed by atoms with van der Waals surface area (Å²) in [6.45, 7) is 2.20. The van der Waals surface area contributed by atoms with Gasteiger partial charge in [0.05, 0.1) is 10.8 Å². The lowest BCUT2D eigenvalue weighted by atomic mass is 10.00. The van der Waals surface area contributed by atoms with E-state index in [9.17, 15) is 4.21 Å². The highest BCUT2D eigenvalue weighted by Gasteiger charge is 2.22. The Balaban J connectivity index is 1.85. The number of likely N-dealkylation sites (tertiary alicyclic amines) is 1. The van der Waals surface area contributed by atoms with Crippen LogP contribution in [0.4, 0.5) is 0 Å². The molecule has 0 spiro atoms. The molecule has 0 radical (unpaired) electrons. The van der Waals surface area contributed by atoms with Crippen molar-refractivity contribution in [3.8, 4) is 0 Å². The summed E-state index contributed by atoms with van der Waals surface area (Å²) in [7, 11) is -0.908. The summed E-state index contributed by atoms with van der Waals surface area (Å²) in [5, 5.41) is 9.11. The Morgan fingerprint density at radius 3 is 2.79 bits per heavy atom. The van der Waals surface area contributed by atoms with Crippen LogP contribution in [-0.2, 0) is 10.8 Å². The summed E-state index contributed by atoms with van der Waals surface area (Å²) in [4.78, 5) is 3.32. The van der Waals surface area contributed by atoms with E-state index < -0.39 is 10.8 Å². The molecule has 0 saturated carbocycles. The van der Waals surface area contributed by atoms with Gasteiger partial charge in [0, 0.05) is 29.8 Å². The summed E-state index contributed by atoms with van der Waals surface area (Å²) >= 11 is 0. The summed E-state index contributed by atoms with van der Waals surface area (Å²) in [5.41, 5.74) is 0. The van der Waals surface area contributed by atoms with E-state index in [0.717, 1.165) is 24.4 Å². The summed E-state index contributed by atoms with van der Waals surface area (Å²) in [6, 6.07) is 10.1. The fourth-order valence-corrected chi connectivity index (χ4v) is 3.82. The minimum atomic E-state index is -0.908. The van der Waals surface area contributed by atoms with Crippen LogP contribution < -0.4 is 0 Å². The molecule has 0 aliphatic carbocycles. The Morgan fingerprint density at radius 1 is 1.26 bits per heavy atom. The van der Waals surface area contributed by atoms with Crippen LogP contribution >= 0.6 is 0 Å². The van der Waals surface area contributed by atoms with E-state index in [1.54, 1.807) is 0 Å². The zero-order valence-corrected chi connectivity index (χ0v) is 12.1. The molecule has 19 heavy (non-hydrogen) atoms. The Bertz CT molecular complexity index is 394. The Kier molecular flexibility index (Phi) is 6.01. The minimum Gasteiger partial charge on any atom is -0.396 e. The lowest BCUT2D eigenvalue weighted by molar-refractivity contribution is 0.126. The molecule has 0 aromatic heterocycles. The fraction of sp³-hybridized carbons (Fsp3) is 0.600. The molecular weight excluding hydrogens is 258 g/mol. The van der Waals surface area contributed by atoms with Crippen molar-refractivity contribution in [3.63, 3.8) is 0 Å². The normalized spacial score (nSPS) is 22.3. The smallest absolute Gasteiger partial charge is 0.0542 e. The molecular formula is C15H23NO2S. The number of aliphatic hydroxyl groups is 1. The van der Waals surface area contributed by atoms with E-state index >= 15 is 0 Å². The third kappa shape index (κ3) is 4.41. The zero-order chi connectivity index (χ0) is 13.5. The SMILES string of the molecule is O=S(CCN1CCCCC1CCO)c1ccccc1. The average molecular weight is 281 g/mol. The first-order chi connectivity index (χ1) is 9.31. The molecule has 3 nitrogen and oxygen atoms in total. The van der Waals surface area contributed by atoms with Crippen molar-refractivity contribution >= 4 is 10.8 Å². The van der Waals surface area contributed by atoms with Crippen molar-refractivity contribution in [2.24, 2.45) is 0 Å².